The van der Waals surface area contributed by atoms with E-state index in [-0.39, 0.29) is 5.75 Å². The quantitative estimate of drug-likeness (QED) is 0.544. The van der Waals surface area contributed by atoms with E-state index in [0.29, 0.717) is 16.7 Å². The zero-order valence-electron chi connectivity index (χ0n) is 14.3. The van der Waals surface area contributed by atoms with Gasteiger partial charge in [-0.25, -0.2) is 4.98 Å². The van der Waals surface area contributed by atoms with Crippen LogP contribution in [0.25, 0.3) is 11.4 Å². The second-order valence-corrected chi connectivity index (χ2v) is 6.47. The Hall–Kier alpha value is -3.00. The highest BCUT2D eigenvalue weighted by Crippen LogP contribution is 2.33. The Labute approximate surface area is 154 Å². The minimum atomic E-state index is -0.906. The molecular formula is C18H18N4O3S. The summed E-state index contributed by atoms with van der Waals surface area (Å²) in [6, 6.07) is 13.5. The van der Waals surface area contributed by atoms with Crippen molar-refractivity contribution in [2.24, 2.45) is 0 Å². The van der Waals surface area contributed by atoms with E-state index >= 15 is 0 Å². The number of nitrogens with one attached hydrogen (secondary N) is 2. The molecule has 0 aliphatic carbocycles. The number of nitrogens with zero attached hydrogens (tertiary/aromatic N) is 2. The topological polar surface area (TPSA) is 100 Å². The van der Waals surface area contributed by atoms with Crippen LogP contribution in [0.15, 0.2) is 47.6 Å². The van der Waals surface area contributed by atoms with Crippen LogP contribution < -0.4 is 10.1 Å². The molecule has 1 aromatic heterocycles. The zero-order valence-corrected chi connectivity index (χ0v) is 15.1. The lowest BCUT2D eigenvalue weighted by Gasteiger charge is -2.12. The van der Waals surface area contributed by atoms with Crippen LogP contribution >= 0.6 is 11.8 Å². The molecule has 1 heterocycles. The highest BCUT2D eigenvalue weighted by molar-refractivity contribution is 7.99. The molecule has 3 aromatic rings. The molecule has 0 atom stereocenters. The van der Waals surface area contributed by atoms with Gasteiger partial charge >= 0.3 is 5.97 Å². The van der Waals surface area contributed by atoms with E-state index in [9.17, 15) is 4.79 Å². The molecule has 0 aliphatic rings. The van der Waals surface area contributed by atoms with Crippen LogP contribution in [0.1, 0.15) is 5.56 Å². The maximum atomic E-state index is 10.6. The average molecular weight is 370 g/mol. The molecule has 0 radical (unpaired) electrons. The van der Waals surface area contributed by atoms with Gasteiger partial charge < -0.3 is 15.2 Å². The monoisotopic (exact) mass is 370 g/mol. The number of H-pyrrole nitrogens is 1. The fourth-order valence-electron chi connectivity index (χ4n) is 2.33. The molecule has 8 heteroatoms. The number of hydrogen-bond donors (Lipinski definition) is 3. The minimum Gasteiger partial charge on any atom is -0.481 e. The van der Waals surface area contributed by atoms with E-state index in [1.165, 1.54) is 0 Å². The molecule has 0 fully saturated rings. The number of hydrogen-bond acceptors (Lipinski definition) is 6. The van der Waals surface area contributed by atoms with Crippen molar-refractivity contribution in [1.82, 2.24) is 15.2 Å². The summed E-state index contributed by atoms with van der Waals surface area (Å²) < 4.78 is 5.96. The Kier molecular flexibility index (Phi) is 5.43. The Bertz CT molecular complexity index is 926. The predicted octanol–water partition coefficient (Wildman–Crippen LogP) is 3.79. The molecule has 0 aliphatic heterocycles. The van der Waals surface area contributed by atoms with Gasteiger partial charge in [0, 0.05) is 12.6 Å². The van der Waals surface area contributed by atoms with E-state index in [4.69, 9.17) is 9.84 Å². The third-order valence-electron chi connectivity index (χ3n) is 3.53. The number of aromatic amines is 1. The van der Waals surface area contributed by atoms with E-state index in [1.54, 1.807) is 0 Å². The Balaban J connectivity index is 1.81. The number of benzene rings is 2. The lowest BCUT2D eigenvalue weighted by molar-refractivity contribution is -0.133. The number of carboxylic acid groups (broad SMARTS) is 1. The Morgan fingerprint density at radius 2 is 2.15 bits per heavy atom. The highest BCUT2D eigenvalue weighted by atomic mass is 32.2. The van der Waals surface area contributed by atoms with Crippen molar-refractivity contribution >= 4 is 23.4 Å². The molecule has 134 valence electrons. The van der Waals surface area contributed by atoms with Gasteiger partial charge in [-0.1, -0.05) is 23.9 Å². The summed E-state index contributed by atoms with van der Waals surface area (Å²) in [6.07, 6.45) is 0. The molecule has 3 rings (SSSR count). The van der Waals surface area contributed by atoms with Crippen molar-refractivity contribution in [2.45, 2.75) is 12.1 Å². The van der Waals surface area contributed by atoms with Gasteiger partial charge in [-0.05, 0) is 42.8 Å². The summed E-state index contributed by atoms with van der Waals surface area (Å²) in [6.45, 7) is 2.01. The molecule has 7 nitrogen and oxygen atoms in total. The smallest absolute Gasteiger partial charge is 0.313 e. The normalized spacial score (nSPS) is 10.5. The van der Waals surface area contributed by atoms with Gasteiger partial charge in [-0.2, -0.15) is 0 Å². The third kappa shape index (κ3) is 4.34. The van der Waals surface area contributed by atoms with Crippen LogP contribution in [0.3, 0.4) is 0 Å². The van der Waals surface area contributed by atoms with Crippen LogP contribution in [-0.2, 0) is 4.79 Å². The molecule has 0 saturated carbocycles. The van der Waals surface area contributed by atoms with Gasteiger partial charge in [0.15, 0.2) is 11.6 Å². The number of ether oxygens (including phenoxy) is 1. The van der Waals surface area contributed by atoms with Gasteiger partial charge in [0.2, 0.25) is 5.16 Å². The number of aliphatic carboxylic acids is 1. The van der Waals surface area contributed by atoms with E-state index in [2.05, 4.69) is 20.5 Å². The first-order valence-electron chi connectivity index (χ1n) is 7.89. The lowest BCUT2D eigenvalue weighted by Crippen LogP contribution is -1.97. The molecule has 0 unspecified atom stereocenters. The standard InChI is InChI=1S/C18H18N4O3S/c1-11-4-3-5-13(8-11)25-15-7-6-12(9-14(15)19-2)17-20-18(22-21-17)26-10-16(23)24/h3-9,19H,10H2,1-2H3,(H,23,24)(H,20,21,22). The van der Waals surface area contributed by atoms with Crippen molar-refractivity contribution < 1.29 is 14.6 Å². The lowest BCUT2D eigenvalue weighted by atomic mass is 10.1. The number of carbonyl (C=O) groups is 1. The molecule has 0 amide bonds. The van der Waals surface area contributed by atoms with Crippen molar-refractivity contribution in [3.05, 3.63) is 48.0 Å². The third-order valence-corrected chi connectivity index (χ3v) is 4.36. The fourth-order valence-corrected chi connectivity index (χ4v) is 2.85. The second-order valence-electron chi connectivity index (χ2n) is 5.53. The van der Waals surface area contributed by atoms with Crippen molar-refractivity contribution in [3.8, 4) is 22.9 Å². The molecule has 0 bridgehead atoms. The summed E-state index contributed by atoms with van der Waals surface area (Å²) in [5, 5.41) is 19.1. The Morgan fingerprint density at radius 1 is 1.31 bits per heavy atom. The summed E-state index contributed by atoms with van der Waals surface area (Å²) >= 11 is 1.07. The molecule has 0 spiro atoms. The number of thioether (sulfide) groups is 1. The van der Waals surface area contributed by atoms with Crippen LogP contribution in [0, 0.1) is 6.92 Å². The maximum absolute atomic E-state index is 10.6. The number of aromatic nitrogens is 3. The van der Waals surface area contributed by atoms with E-state index < -0.39 is 5.97 Å². The van der Waals surface area contributed by atoms with Crippen molar-refractivity contribution in [1.29, 1.82) is 0 Å². The number of carboxylic acids is 1. The number of aryl methyl sites for hydroxylation is 1. The zero-order chi connectivity index (χ0) is 18.5. The van der Waals surface area contributed by atoms with Gasteiger partial charge in [-0.15, -0.1) is 5.10 Å². The second kappa shape index (κ2) is 7.92. The van der Waals surface area contributed by atoms with Gasteiger partial charge in [-0.3, -0.25) is 9.89 Å². The molecule has 3 N–H and O–H groups in total. The fraction of sp³-hybridized carbons (Fsp3) is 0.167. The van der Waals surface area contributed by atoms with Gasteiger partial charge in [0.1, 0.15) is 5.75 Å². The number of anilines is 1. The SMILES string of the molecule is CNc1cc(-c2nc(SCC(=O)O)n[nH]2)ccc1Oc1cccc(C)c1. The first-order chi connectivity index (χ1) is 12.5. The predicted molar refractivity (Wildman–Crippen MR) is 101 cm³/mol. The average Bonchev–Trinajstić information content (AvgIpc) is 3.09. The summed E-state index contributed by atoms with van der Waals surface area (Å²) in [5.74, 6) is 1.04. The van der Waals surface area contributed by atoms with E-state index in [1.807, 2.05) is 56.4 Å². The Morgan fingerprint density at radius 3 is 2.88 bits per heavy atom. The van der Waals surface area contributed by atoms with Gasteiger partial charge in [0.25, 0.3) is 0 Å². The first kappa shape index (κ1) is 17.8. The van der Waals surface area contributed by atoms with Crippen molar-refractivity contribution in [3.63, 3.8) is 0 Å². The summed E-state index contributed by atoms with van der Waals surface area (Å²) in [4.78, 5) is 15.0. The van der Waals surface area contributed by atoms with Crippen LogP contribution in [0.5, 0.6) is 11.5 Å². The van der Waals surface area contributed by atoms with Crippen LogP contribution in [0.4, 0.5) is 5.69 Å². The largest absolute Gasteiger partial charge is 0.481 e. The summed E-state index contributed by atoms with van der Waals surface area (Å²) in [5.41, 5.74) is 2.75. The molecule has 2 aromatic carbocycles. The minimum absolute atomic E-state index is 0.0810. The summed E-state index contributed by atoms with van der Waals surface area (Å²) in [7, 11) is 1.82. The highest BCUT2D eigenvalue weighted by Gasteiger charge is 2.11. The number of rotatable bonds is 7. The van der Waals surface area contributed by atoms with Crippen molar-refractivity contribution in [2.75, 3.05) is 18.1 Å². The maximum Gasteiger partial charge on any atom is 0.313 e. The van der Waals surface area contributed by atoms with Gasteiger partial charge in [0.05, 0.1) is 11.4 Å². The van der Waals surface area contributed by atoms with Crippen LogP contribution in [0.2, 0.25) is 0 Å². The molecular weight excluding hydrogens is 352 g/mol. The van der Waals surface area contributed by atoms with E-state index in [0.717, 1.165) is 34.3 Å². The molecule has 0 saturated heterocycles. The van der Waals surface area contributed by atoms with Crippen LogP contribution in [-0.4, -0.2) is 39.1 Å². The first-order valence-corrected chi connectivity index (χ1v) is 8.87. The molecule has 26 heavy (non-hydrogen) atoms.